The number of carboxylic acid groups (broad SMARTS) is 1. The first-order valence-corrected chi connectivity index (χ1v) is 7.28. The fraction of sp³-hybridized carbons (Fsp3) is 0.733. The summed E-state index contributed by atoms with van der Waals surface area (Å²) in [6.45, 7) is 6.54. The van der Waals surface area contributed by atoms with Gasteiger partial charge in [0.05, 0.1) is 12.7 Å². The predicted molar refractivity (Wildman–Crippen MR) is 81.5 cm³/mol. The molecule has 0 saturated carbocycles. The molecule has 7 nitrogen and oxygen atoms in total. The Morgan fingerprint density at radius 3 is 2.32 bits per heavy atom. The van der Waals surface area contributed by atoms with Crippen molar-refractivity contribution >= 4 is 11.9 Å². The normalized spacial score (nSPS) is 15.7. The molecule has 0 aliphatic heterocycles. The molecule has 0 heterocycles. The van der Waals surface area contributed by atoms with E-state index in [1.54, 1.807) is 6.92 Å². The quantitative estimate of drug-likeness (QED) is 0.349. The van der Waals surface area contributed by atoms with Crippen LogP contribution >= 0.6 is 0 Å². The number of rotatable bonds is 11. The molecule has 0 rings (SSSR count). The standard InChI is InChI=1S/C15H27NO6/c1-6-15(22-11(2)9-16(4)5)20-10-12(3)21-14(19)8-7-13(17)18/h7-8,11-12,15H,6,9-10H2,1-5H3,(H,17,18)/b8-7-. The lowest BCUT2D eigenvalue weighted by molar-refractivity contribution is -0.186. The molecule has 22 heavy (non-hydrogen) atoms. The summed E-state index contributed by atoms with van der Waals surface area (Å²) < 4.78 is 16.3. The molecule has 0 aliphatic rings. The molecule has 0 aliphatic carbocycles. The molecule has 128 valence electrons. The lowest BCUT2D eigenvalue weighted by atomic mass is 10.3. The van der Waals surface area contributed by atoms with E-state index in [1.807, 2.05) is 32.8 Å². The lowest BCUT2D eigenvalue weighted by Crippen LogP contribution is -2.32. The number of hydrogen-bond donors (Lipinski definition) is 1. The van der Waals surface area contributed by atoms with E-state index in [-0.39, 0.29) is 19.0 Å². The van der Waals surface area contributed by atoms with Gasteiger partial charge >= 0.3 is 11.9 Å². The Bertz CT molecular complexity index is 369. The first kappa shape index (κ1) is 20.6. The van der Waals surface area contributed by atoms with E-state index in [9.17, 15) is 9.59 Å². The molecule has 0 aromatic carbocycles. The summed E-state index contributed by atoms with van der Waals surface area (Å²) in [6, 6.07) is 0. The van der Waals surface area contributed by atoms with Crippen LogP contribution in [0.25, 0.3) is 0 Å². The van der Waals surface area contributed by atoms with Crippen molar-refractivity contribution in [2.24, 2.45) is 0 Å². The Morgan fingerprint density at radius 1 is 1.18 bits per heavy atom. The van der Waals surface area contributed by atoms with Gasteiger partial charge in [-0.25, -0.2) is 9.59 Å². The molecular weight excluding hydrogens is 290 g/mol. The first-order chi connectivity index (χ1) is 10.2. The van der Waals surface area contributed by atoms with Gasteiger partial charge in [-0.3, -0.25) is 0 Å². The average molecular weight is 317 g/mol. The third-order valence-corrected chi connectivity index (χ3v) is 2.54. The molecule has 0 aromatic heterocycles. The largest absolute Gasteiger partial charge is 0.478 e. The van der Waals surface area contributed by atoms with Crippen molar-refractivity contribution in [2.75, 3.05) is 27.2 Å². The number of carbonyl (C=O) groups is 2. The Balaban J connectivity index is 4.11. The summed E-state index contributed by atoms with van der Waals surface area (Å²) in [4.78, 5) is 23.6. The van der Waals surface area contributed by atoms with Crippen molar-refractivity contribution in [3.8, 4) is 0 Å². The van der Waals surface area contributed by atoms with Crippen molar-refractivity contribution in [1.82, 2.24) is 4.90 Å². The molecule has 0 radical (unpaired) electrons. The third kappa shape index (κ3) is 11.2. The van der Waals surface area contributed by atoms with Crippen molar-refractivity contribution in [3.63, 3.8) is 0 Å². The average Bonchev–Trinajstić information content (AvgIpc) is 2.40. The van der Waals surface area contributed by atoms with E-state index in [1.165, 1.54) is 0 Å². The van der Waals surface area contributed by atoms with Crippen LogP contribution in [0.3, 0.4) is 0 Å². The Kier molecular flexibility index (Phi) is 10.4. The van der Waals surface area contributed by atoms with Gasteiger partial charge < -0.3 is 24.2 Å². The van der Waals surface area contributed by atoms with Gasteiger partial charge in [0.1, 0.15) is 6.10 Å². The molecule has 3 unspecified atom stereocenters. The minimum Gasteiger partial charge on any atom is -0.478 e. The SMILES string of the molecule is CCC(OCC(C)OC(=O)/C=C\C(=O)O)OC(C)CN(C)C. The van der Waals surface area contributed by atoms with Crippen molar-refractivity contribution < 1.29 is 28.9 Å². The maximum Gasteiger partial charge on any atom is 0.331 e. The zero-order valence-corrected chi connectivity index (χ0v) is 13.9. The smallest absolute Gasteiger partial charge is 0.331 e. The minimum atomic E-state index is -1.20. The van der Waals surface area contributed by atoms with E-state index in [4.69, 9.17) is 19.3 Å². The maximum atomic E-state index is 11.3. The van der Waals surface area contributed by atoms with Gasteiger partial charge in [0.2, 0.25) is 0 Å². The molecule has 0 amide bonds. The van der Waals surface area contributed by atoms with Gasteiger partial charge in [-0.2, -0.15) is 0 Å². The second kappa shape index (κ2) is 11.2. The van der Waals surface area contributed by atoms with Crippen LogP contribution in [-0.4, -0.2) is 67.7 Å². The van der Waals surface area contributed by atoms with E-state index in [0.717, 1.165) is 18.7 Å². The zero-order valence-electron chi connectivity index (χ0n) is 13.9. The van der Waals surface area contributed by atoms with Crippen LogP contribution in [0.4, 0.5) is 0 Å². The molecule has 0 bridgehead atoms. The fourth-order valence-corrected chi connectivity index (χ4v) is 1.72. The number of hydrogen-bond acceptors (Lipinski definition) is 6. The summed E-state index contributed by atoms with van der Waals surface area (Å²) in [5.74, 6) is -1.91. The van der Waals surface area contributed by atoms with E-state index < -0.39 is 18.0 Å². The zero-order chi connectivity index (χ0) is 17.1. The highest BCUT2D eigenvalue weighted by Gasteiger charge is 2.15. The second-order valence-corrected chi connectivity index (χ2v) is 5.30. The van der Waals surface area contributed by atoms with Gasteiger partial charge in [0, 0.05) is 18.7 Å². The molecule has 1 N–H and O–H groups in total. The van der Waals surface area contributed by atoms with Crippen LogP contribution in [0.5, 0.6) is 0 Å². The van der Waals surface area contributed by atoms with Gasteiger partial charge in [0.25, 0.3) is 0 Å². The first-order valence-electron chi connectivity index (χ1n) is 7.28. The number of ether oxygens (including phenoxy) is 3. The molecule has 0 fully saturated rings. The van der Waals surface area contributed by atoms with E-state index in [2.05, 4.69) is 0 Å². The Morgan fingerprint density at radius 2 is 1.82 bits per heavy atom. The van der Waals surface area contributed by atoms with Gasteiger partial charge in [-0.15, -0.1) is 0 Å². The number of likely N-dealkylation sites (N-methyl/N-ethyl adjacent to an activating group) is 1. The van der Waals surface area contributed by atoms with Gasteiger partial charge in [-0.05, 0) is 34.4 Å². The third-order valence-electron chi connectivity index (χ3n) is 2.54. The van der Waals surface area contributed by atoms with Gasteiger partial charge in [-0.1, -0.05) is 6.92 Å². The highest BCUT2D eigenvalue weighted by Crippen LogP contribution is 2.07. The minimum absolute atomic E-state index is 0.0244. The highest BCUT2D eigenvalue weighted by atomic mass is 16.7. The van der Waals surface area contributed by atoms with Crippen molar-refractivity contribution in [2.45, 2.75) is 45.7 Å². The summed E-state index contributed by atoms with van der Waals surface area (Å²) in [5.41, 5.74) is 0. The summed E-state index contributed by atoms with van der Waals surface area (Å²) >= 11 is 0. The van der Waals surface area contributed by atoms with Crippen LogP contribution in [0.2, 0.25) is 0 Å². The molecule has 0 saturated heterocycles. The number of carboxylic acids is 1. The molecule has 0 aromatic rings. The highest BCUT2D eigenvalue weighted by molar-refractivity contribution is 5.90. The number of carbonyl (C=O) groups excluding carboxylic acids is 1. The predicted octanol–water partition coefficient (Wildman–Crippen LogP) is 1.28. The van der Waals surface area contributed by atoms with Crippen LogP contribution in [-0.2, 0) is 23.8 Å². The second-order valence-electron chi connectivity index (χ2n) is 5.30. The Hall–Kier alpha value is -1.44. The van der Waals surface area contributed by atoms with E-state index >= 15 is 0 Å². The van der Waals surface area contributed by atoms with Crippen LogP contribution in [0, 0.1) is 0 Å². The van der Waals surface area contributed by atoms with E-state index in [0.29, 0.717) is 6.42 Å². The number of nitrogens with zero attached hydrogens (tertiary/aromatic N) is 1. The van der Waals surface area contributed by atoms with Crippen LogP contribution < -0.4 is 0 Å². The maximum absolute atomic E-state index is 11.3. The van der Waals surface area contributed by atoms with Crippen LogP contribution in [0.1, 0.15) is 27.2 Å². The molecule has 0 spiro atoms. The monoisotopic (exact) mass is 317 g/mol. The van der Waals surface area contributed by atoms with Crippen LogP contribution in [0.15, 0.2) is 12.2 Å². The van der Waals surface area contributed by atoms with Gasteiger partial charge in [0.15, 0.2) is 6.29 Å². The van der Waals surface area contributed by atoms with Crippen molar-refractivity contribution in [1.29, 1.82) is 0 Å². The summed E-state index contributed by atoms with van der Waals surface area (Å²) in [7, 11) is 3.93. The lowest BCUT2D eigenvalue weighted by Gasteiger charge is -2.25. The summed E-state index contributed by atoms with van der Waals surface area (Å²) in [6.07, 6.45) is 1.44. The fourth-order valence-electron chi connectivity index (χ4n) is 1.72. The Labute approximate surface area is 131 Å². The summed E-state index contributed by atoms with van der Waals surface area (Å²) in [5, 5.41) is 8.41. The molecule has 3 atom stereocenters. The topological polar surface area (TPSA) is 85.3 Å². The molecular formula is C15H27NO6. The molecule has 7 heteroatoms. The number of esters is 1. The van der Waals surface area contributed by atoms with Crippen molar-refractivity contribution in [3.05, 3.63) is 12.2 Å². The number of aliphatic carboxylic acids is 1.